The van der Waals surface area contributed by atoms with Crippen molar-refractivity contribution in [3.8, 4) is 5.69 Å². The fourth-order valence-corrected chi connectivity index (χ4v) is 2.18. The molecule has 0 saturated heterocycles. The number of H-pyrrole nitrogens is 1. The lowest BCUT2D eigenvalue weighted by atomic mass is 10.1. The number of nitrogens with zero attached hydrogens (tertiary/aromatic N) is 4. The number of hydrogen-bond acceptors (Lipinski definition) is 4. The van der Waals surface area contributed by atoms with E-state index in [0.29, 0.717) is 17.4 Å². The van der Waals surface area contributed by atoms with Gasteiger partial charge >= 0.3 is 0 Å². The Labute approximate surface area is 133 Å². The molecule has 3 rings (SSSR count). The predicted molar refractivity (Wildman–Crippen MR) is 85.2 cm³/mol. The molecule has 7 nitrogen and oxygen atoms in total. The number of aromatic nitrogens is 5. The molecule has 0 aliphatic heterocycles. The summed E-state index contributed by atoms with van der Waals surface area (Å²) < 4.78 is 1.84. The van der Waals surface area contributed by atoms with E-state index in [1.165, 1.54) is 0 Å². The smallest absolute Gasteiger partial charge is 0.272 e. The van der Waals surface area contributed by atoms with E-state index in [-0.39, 0.29) is 12.5 Å². The van der Waals surface area contributed by atoms with Gasteiger partial charge in [0.25, 0.3) is 5.91 Å². The van der Waals surface area contributed by atoms with Crippen LogP contribution >= 0.6 is 0 Å². The highest BCUT2D eigenvalue weighted by atomic mass is 16.1. The number of carbonyl (C=O) groups is 1. The molecule has 1 amide bonds. The van der Waals surface area contributed by atoms with Crippen LogP contribution in [0.2, 0.25) is 0 Å². The molecule has 0 unspecified atom stereocenters. The van der Waals surface area contributed by atoms with Crippen LogP contribution in [-0.4, -0.2) is 30.9 Å². The summed E-state index contributed by atoms with van der Waals surface area (Å²) in [6, 6.07) is 11.5. The van der Waals surface area contributed by atoms with Crippen LogP contribution in [0.1, 0.15) is 41.8 Å². The lowest BCUT2D eigenvalue weighted by Gasteiger charge is -2.06. The fourth-order valence-electron chi connectivity index (χ4n) is 2.18. The van der Waals surface area contributed by atoms with E-state index in [9.17, 15) is 4.79 Å². The second-order valence-corrected chi connectivity index (χ2v) is 5.50. The Hall–Kier alpha value is -2.96. The Morgan fingerprint density at radius 1 is 1.30 bits per heavy atom. The van der Waals surface area contributed by atoms with Crippen molar-refractivity contribution in [2.24, 2.45) is 0 Å². The van der Waals surface area contributed by atoms with Crippen LogP contribution in [0.15, 0.2) is 42.7 Å². The number of aromatic amines is 1. The van der Waals surface area contributed by atoms with Crippen LogP contribution in [0.5, 0.6) is 0 Å². The van der Waals surface area contributed by atoms with Crippen molar-refractivity contribution in [3.05, 3.63) is 59.9 Å². The van der Waals surface area contributed by atoms with Crippen molar-refractivity contribution in [1.82, 2.24) is 30.3 Å². The van der Waals surface area contributed by atoms with E-state index in [4.69, 9.17) is 0 Å². The SMILES string of the molecule is CC(C)c1cc(C(=O)NCc2nncn2-c2ccccc2)n[nH]1. The normalized spacial score (nSPS) is 10.9. The van der Waals surface area contributed by atoms with E-state index in [1.54, 1.807) is 12.4 Å². The molecule has 2 heterocycles. The van der Waals surface area contributed by atoms with Gasteiger partial charge in [0.2, 0.25) is 0 Å². The number of nitrogens with one attached hydrogen (secondary N) is 2. The molecule has 0 atom stereocenters. The molecular weight excluding hydrogens is 292 g/mol. The molecule has 23 heavy (non-hydrogen) atoms. The van der Waals surface area contributed by atoms with Crippen molar-refractivity contribution in [2.45, 2.75) is 26.3 Å². The van der Waals surface area contributed by atoms with Gasteiger partial charge in [-0.15, -0.1) is 10.2 Å². The topological polar surface area (TPSA) is 88.5 Å². The van der Waals surface area contributed by atoms with E-state index < -0.39 is 0 Å². The second-order valence-electron chi connectivity index (χ2n) is 5.50. The van der Waals surface area contributed by atoms with Crippen molar-refractivity contribution >= 4 is 5.91 Å². The molecule has 3 aromatic rings. The van der Waals surface area contributed by atoms with Crippen LogP contribution in [0, 0.1) is 0 Å². The fraction of sp³-hybridized carbons (Fsp3) is 0.250. The summed E-state index contributed by atoms with van der Waals surface area (Å²) in [5.41, 5.74) is 2.26. The monoisotopic (exact) mass is 310 g/mol. The molecule has 0 aliphatic rings. The summed E-state index contributed by atoms with van der Waals surface area (Å²) in [5, 5.41) is 17.7. The van der Waals surface area contributed by atoms with E-state index in [2.05, 4.69) is 25.7 Å². The lowest BCUT2D eigenvalue weighted by Crippen LogP contribution is -2.24. The minimum Gasteiger partial charge on any atom is -0.343 e. The zero-order valence-electron chi connectivity index (χ0n) is 13.0. The second kappa shape index (κ2) is 6.43. The van der Waals surface area contributed by atoms with Crippen LogP contribution in [0.3, 0.4) is 0 Å². The third-order valence-electron chi connectivity index (χ3n) is 3.51. The molecule has 2 aromatic heterocycles. The highest BCUT2D eigenvalue weighted by molar-refractivity contribution is 5.92. The minimum atomic E-state index is -0.240. The first-order valence-electron chi connectivity index (χ1n) is 7.43. The molecule has 0 bridgehead atoms. The molecule has 0 saturated carbocycles. The zero-order valence-corrected chi connectivity index (χ0v) is 13.0. The summed E-state index contributed by atoms with van der Waals surface area (Å²) >= 11 is 0. The highest BCUT2D eigenvalue weighted by Crippen LogP contribution is 2.12. The summed E-state index contributed by atoms with van der Waals surface area (Å²) in [4.78, 5) is 12.2. The predicted octanol–water partition coefficient (Wildman–Crippen LogP) is 2.04. The van der Waals surface area contributed by atoms with Crippen molar-refractivity contribution in [3.63, 3.8) is 0 Å². The van der Waals surface area contributed by atoms with Crippen LogP contribution in [0.4, 0.5) is 0 Å². The van der Waals surface area contributed by atoms with Gasteiger partial charge in [0.1, 0.15) is 12.0 Å². The van der Waals surface area contributed by atoms with E-state index >= 15 is 0 Å². The molecular formula is C16H18N6O. The Balaban J connectivity index is 1.69. The summed E-state index contributed by atoms with van der Waals surface area (Å²) in [5.74, 6) is 0.713. The van der Waals surface area contributed by atoms with Crippen molar-refractivity contribution in [1.29, 1.82) is 0 Å². The first-order chi connectivity index (χ1) is 11.1. The molecule has 0 fully saturated rings. The van der Waals surface area contributed by atoms with Crippen LogP contribution in [0.25, 0.3) is 5.69 Å². The Bertz CT molecular complexity index is 790. The average molecular weight is 310 g/mol. The molecule has 1 aromatic carbocycles. The Morgan fingerprint density at radius 2 is 2.09 bits per heavy atom. The number of rotatable bonds is 5. The number of carbonyl (C=O) groups excluding carboxylic acids is 1. The highest BCUT2D eigenvalue weighted by Gasteiger charge is 2.13. The van der Waals surface area contributed by atoms with Gasteiger partial charge in [-0.2, -0.15) is 5.10 Å². The summed E-state index contributed by atoms with van der Waals surface area (Å²) in [6.45, 7) is 4.35. The minimum absolute atomic E-state index is 0.240. The molecule has 0 radical (unpaired) electrons. The van der Waals surface area contributed by atoms with E-state index in [1.807, 2.05) is 48.7 Å². The Kier molecular flexibility index (Phi) is 4.18. The zero-order chi connectivity index (χ0) is 16.2. The molecule has 7 heteroatoms. The quantitative estimate of drug-likeness (QED) is 0.755. The maximum Gasteiger partial charge on any atom is 0.272 e. The van der Waals surface area contributed by atoms with Gasteiger partial charge < -0.3 is 5.32 Å². The lowest BCUT2D eigenvalue weighted by molar-refractivity contribution is 0.0944. The average Bonchev–Trinajstić information content (AvgIpc) is 3.22. The van der Waals surface area contributed by atoms with Gasteiger partial charge in [0, 0.05) is 11.4 Å². The number of hydrogen-bond donors (Lipinski definition) is 2. The van der Waals surface area contributed by atoms with Gasteiger partial charge in [-0.1, -0.05) is 32.0 Å². The first-order valence-corrected chi connectivity index (χ1v) is 7.43. The molecule has 0 spiro atoms. The third kappa shape index (κ3) is 3.28. The molecule has 2 N–H and O–H groups in total. The standard InChI is InChI=1S/C16H18N6O/c1-11(2)13-8-14(20-19-13)16(23)17-9-15-21-18-10-22(15)12-6-4-3-5-7-12/h3-8,10-11H,9H2,1-2H3,(H,17,23)(H,19,20). The van der Waals surface area contributed by atoms with Crippen LogP contribution in [-0.2, 0) is 6.54 Å². The first kappa shape index (κ1) is 15.0. The van der Waals surface area contributed by atoms with Gasteiger partial charge in [-0.05, 0) is 24.1 Å². The molecule has 118 valence electrons. The number of amides is 1. The molecule has 0 aliphatic carbocycles. The van der Waals surface area contributed by atoms with Crippen molar-refractivity contribution in [2.75, 3.05) is 0 Å². The van der Waals surface area contributed by atoms with Crippen LogP contribution < -0.4 is 5.32 Å². The van der Waals surface area contributed by atoms with Gasteiger partial charge in [-0.25, -0.2) is 0 Å². The summed E-state index contributed by atoms with van der Waals surface area (Å²) in [6.07, 6.45) is 1.63. The van der Waals surface area contributed by atoms with Gasteiger partial charge in [0.05, 0.1) is 6.54 Å². The van der Waals surface area contributed by atoms with Gasteiger partial charge in [-0.3, -0.25) is 14.5 Å². The maximum atomic E-state index is 12.2. The van der Waals surface area contributed by atoms with Crippen molar-refractivity contribution < 1.29 is 4.79 Å². The number of para-hydroxylation sites is 1. The number of benzene rings is 1. The van der Waals surface area contributed by atoms with Gasteiger partial charge in [0.15, 0.2) is 5.82 Å². The maximum absolute atomic E-state index is 12.2. The third-order valence-corrected chi connectivity index (χ3v) is 3.51. The van der Waals surface area contributed by atoms with E-state index in [0.717, 1.165) is 11.4 Å². The summed E-state index contributed by atoms with van der Waals surface area (Å²) in [7, 11) is 0. The largest absolute Gasteiger partial charge is 0.343 e. The Morgan fingerprint density at radius 3 is 2.78 bits per heavy atom.